The number of nitrogens with two attached hydrogens (primary N) is 2. The van der Waals surface area contributed by atoms with Crippen molar-refractivity contribution < 1.29 is 9.53 Å². The van der Waals surface area contributed by atoms with Crippen molar-refractivity contribution in [3.63, 3.8) is 0 Å². The lowest BCUT2D eigenvalue weighted by atomic mass is 10.1. The molecule has 0 unspecified atom stereocenters. The number of hydrogen-bond acceptors (Lipinski definition) is 5. The van der Waals surface area contributed by atoms with Crippen molar-refractivity contribution in [2.24, 2.45) is 5.73 Å². The molecule has 0 aliphatic heterocycles. The summed E-state index contributed by atoms with van der Waals surface area (Å²) in [6, 6.07) is 4.80. The Morgan fingerprint density at radius 2 is 2.30 bits per heavy atom. The van der Waals surface area contributed by atoms with E-state index in [9.17, 15) is 4.79 Å². The Kier molecular flexibility index (Phi) is 3.03. The molecule has 0 fully saturated rings. The molecule has 2 heterocycles. The largest absolute Gasteiger partial charge is 0.486 e. The van der Waals surface area contributed by atoms with Crippen molar-refractivity contribution in [1.29, 1.82) is 0 Å². The number of rotatable bonds is 4. The average Bonchev–Trinajstić information content (AvgIpc) is 2.97. The van der Waals surface area contributed by atoms with E-state index in [4.69, 9.17) is 16.2 Å². The molecule has 1 amide bonds. The number of benzene rings is 1. The van der Waals surface area contributed by atoms with Crippen LogP contribution in [0.3, 0.4) is 0 Å². The first-order valence-corrected chi connectivity index (χ1v) is 6.74. The molecule has 0 aliphatic rings. The Morgan fingerprint density at radius 3 is 3.05 bits per heavy atom. The summed E-state index contributed by atoms with van der Waals surface area (Å²) in [5.41, 5.74) is 12.5. The van der Waals surface area contributed by atoms with Gasteiger partial charge in [0.25, 0.3) is 5.91 Å². The summed E-state index contributed by atoms with van der Waals surface area (Å²) in [5, 5.41) is 1.96. The second-order valence-electron chi connectivity index (χ2n) is 4.23. The van der Waals surface area contributed by atoms with Crippen LogP contribution < -0.4 is 16.2 Å². The lowest BCUT2D eigenvalue weighted by Crippen LogP contribution is -2.13. The van der Waals surface area contributed by atoms with E-state index in [0.717, 1.165) is 10.7 Å². The zero-order valence-corrected chi connectivity index (χ0v) is 11.3. The SMILES string of the molecule is NC(=O)c1cc(N)ccc1OCc1cn2ccsc2n1. The van der Waals surface area contributed by atoms with Gasteiger partial charge in [-0.2, -0.15) is 0 Å². The zero-order chi connectivity index (χ0) is 14.1. The van der Waals surface area contributed by atoms with Gasteiger partial charge in [-0.15, -0.1) is 11.3 Å². The van der Waals surface area contributed by atoms with Crippen LogP contribution in [-0.2, 0) is 6.61 Å². The van der Waals surface area contributed by atoms with Gasteiger partial charge in [0.05, 0.1) is 11.3 Å². The minimum absolute atomic E-state index is 0.262. The van der Waals surface area contributed by atoms with Crippen LogP contribution in [0.5, 0.6) is 5.75 Å². The van der Waals surface area contributed by atoms with Crippen LogP contribution in [0.1, 0.15) is 16.1 Å². The highest BCUT2D eigenvalue weighted by Gasteiger charge is 2.11. The molecule has 4 N–H and O–H groups in total. The molecule has 20 heavy (non-hydrogen) atoms. The summed E-state index contributed by atoms with van der Waals surface area (Å²) >= 11 is 1.55. The third-order valence-electron chi connectivity index (χ3n) is 2.79. The van der Waals surface area contributed by atoms with Crippen LogP contribution in [0.4, 0.5) is 5.69 Å². The molecule has 6 nitrogen and oxygen atoms in total. The number of amides is 1. The quantitative estimate of drug-likeness (QED) is 0.714. The molecule has 0 atom stereocenters. The first kappa shape index (κ1) is 12.5. The van der Waals surface area contributed by atoms with Crippen molar-refractivity contribution in [3.8, 4) is 5.75 Å². The maximum Gasteiger partial charge on any atom is 0.252 e. The number of primary amides is 1. The normalized spacial score (nSPS) is 10.8. The van der Waals surface area contributed by atoms with Crippen LogP contribution in [0, 0.1) is 0 Å². The van der Waals surface area contributed by atoms with Crippen molar-refractivity contribution in [2.45, 2.75) is 6.61 Å². The minimum Gasteiger partial charge on any atom is -0.486 e. The number of anilines is 1. The fourth-order valence-corrected chi connectivity index (χ4v) is 2.58. The van der Waals surface area contributed by atoms with Crippen LogP contribution >= 0.6 is 11.3 Å². The highest BCUT2D eigenvalue weighted by Crippen LogP contribution is 2.22. The van der Waals surface area contributed by atoms with E-state index in [0.29, 0.717) is 11.4 Å². The Labute approximate surface area is 118 Å². The maximum atomic E-state index is 11.4. The molecule has 1 aromatic carbocycles. The Balaban J connectivity index is 1.81. The molecule has 3 rings (SSSR count). The Bertz CT molecular complexity index is 749. The number of nitrogen functional groups attached to an aromatic ring is 1. The van der Waals surface area contributed by atoms with E-state index in [1.165, 1.54) is 6.07 Å². The third kappa shape index (κ3) is 2.30. The van der Waals surface area contributed by atoms with E-state index < -0.39 is 5.91 Å². The van der Waals surface area contributed by atoms with Gasteiger partial charge in [0, 0.05) is 23.5 Å². The van der Waals surface area contributed by atoms with Crippen molar-refractivity contribution in [2.75, 3.05) is 5.73 Å². The van der Waals surface area contributed by atoms with Gasteiger partial charge < -0.3 is 16.2 Å². The van der Waals surface area contributed by atoms with Gasteiger partial charge in [-0.3, -0.25) is 9.20 Å². The molecule has 0 bridgehead atoms. The fraction of sp³-hybridized carbons (Fsp3) is 0.0769. The van der Waals surface area contributed by atoms with Crippen molar-refractivity contribution >= 4 is 27.9 Å². The van der Waals surface area contributed by atoms with Crippen molar-refractivity contribution in [1.82, 2.24) is 9.38 Å². The van der Waals surface area contributed by atoms with E-state index in [1.54, 1.807) is 23.5 Å². The van der Waals surface area contributed by atoms with Gasteiger partial charge >= 0.3 is 0 Å². The van der Waals surface area contributed by atoms with E-state index >= 15 is 0 Å². The topological polar surface area (TPSA) is 95.6 Å². The van der Waals surface area contributed by atoms with E-state index in [2.05, 4.69) is 4.98 Å². The number of carbonyl (C=O) groups is 1. The third-order valence-corrected chi connectivity index (χ3v) is 3.56. The first-order valence-electron chi connectivity index (χ1n) is 5.86. The van der Waals surface area contributed by atoms with Gasteiger partial charge in [0.15, 0.2) is 4.96 Å². The number of thiazole rings is 1. The molecule has 0 saturated carbocycles. The standard InChI is InChI=1S/C13H12N4O2S/c14-8-1-2-11(10(5-8)12(15)18)19-7-9-6-17-3-4-20-13(17)16-9/h1-6H,7,14H2,(H2,15,18). The van der Waals surface area contributed by atoms with Gasteiger partial charge in [-0.05, 0) is 18.2 Å². The molecule has 7 heteroatoms. The molecule has 0 spiro atoms. The fourth-order valence-electron chi connectivity index (χ4n) is 1.86. The molecular weight excluding hydrogens is 276 g/mol. The monoisotopic (exact) mass is 288 g/mol. The van der Waals surface area contributed by atoms with E-state index in [-0.39, 0.29) is 12.2 Å². The van der Waals surface area contributed by atoms with Gasteiger partial charge in [0.2, 0.25) is 0 Å². The Morgan fingerprint density at radius 1 is 1.45 bits per heavy atom. The van der Waals surface area contributed by atoms with E-state index in [1.807, 2.05) is 22.2 Å². The Hall–Kier alpha value is -2.54. The second kappa shape index (κ2) is 4.86. The predicted molar refractivity (Wildman–Crippen MR) is 76.8 cm³/mol. The summed E-state index contributed by atoms with van der Waals surface area (Å²) in [5.74, 6) is -0.166. The molecule has 102 valence electrons. The summed E-state index contributed by atoms with van der Waals surface area (Å²) < 4.78 is 7.53. The molecular formula is C13H12N4O2S. The second-order valence-corrected chi connectivity index (χ2v) is 5.11. The molecule has 0 radical (unpaired) electrons. The minimum atomic E-state index is -0.571. The maximum absolute atomic E-state index is 11.4. The first-order chi connectivity index (χ1) is 9.63. The lowest BCUT2D eigenvalue weighted by Gasteiger charge is -2.08. The number of hydrogen-bond donors (Lipinski definition) is 2. The predicted octanol–water partition coefficient (Wildman–Crippen LogP) is 1.66. The highest BCUT2D eigenvalue weighted by atomic mass is 32.1. The number of aromatic nitrogens is 2. The molecule has 2 aromatic heterocycles. The summed E-state index contributed by atoms with van der Waals surface area (Å²) in [6.07, 6.45) is 3.81. The average molecular weight is 288 g/mol. The number of imidazole rings is 1. The van der Waals surface area contributed by atoms with Crippen LogP contribution in [-0.4, -0.2) is 15.3 Å². The van der Waals surface area contributed by atoms with Crippen LogP contribution in [0.2, 0.25) is 0 Å². The summed E-state index contributed by atoms with van der Waals surface area (Å²) in [4.78, 5) is 16.6. The van der Waals surface area contributed by atoms with Gasteiger partial charge in [-0.1, -0.05) is 0 Å². The summed E-state index contributed by atoms with van der Waals surface area (Å²) in [6.45, 7) is 0.262. The number of fused-ring (bicyclic) bond motifs is 1. The molecule has 0 aliphatic carbocycles. The zero-order valence-electron chi connectivity index (χ0n) is 10.4. The highest BCUT2D eigenvalue weighted by molar-refractivity contribution is 7.15. The molecule has 0 saturated heterocycles. The summed E-state index contributed by atoms with van der Waals surface area (Å²) in [7, 11) is 0. The van der Waals surface area contributed by atoms with Gasteiger partial charge in [-0.25, -0.2) is 4.98 Å². The smallest absolute Gasteiger partial charge is 0.252 e. The number of nitrogens with zero attached hydrogens (tertiary/aromatic N) is 2. The lowest BCUT2D eigenvalue weighted by molar-refractivity contribution is 0.0996. The van der Waals surface area contributed by atoms with Gasteiger partial charge in [0.1, 0.15) is 12.4 Å². The molecule has 3 aromatic rings. The number of ether oxygens (including phenoxy) is 1. The van der Waals surface area contributed by atoms with Crippen LogP contribution in [0.25, 0.3) is 4.96 Å². The van der Waals surface area contributed by atoms with Crippen molar-refractivity contribution in [3.05, 3.63) is 47.2 Å². The van der Waals surface area contributed by atoms with Crippen LogP contribution in [0.15, 0.2) is 36.0 Å². The number of carbonyl (C=O) groups excluding carboxylic acids is 1.